The summed E-state index contributed by atoms with van der Waals surface area (Å²) in [6.07, 6.45) is 1.71. The van der Waals surface area contributed by atoms with Gasteiger partial charge in [0.1, 0.15) is 5.75 Å². The van der Waals surface area contributed by atoms with Crippen LogP contribution < -0.4 is 19.5 Å². The van der Waals surface area contributed by atoms with E-state index in [2.05, 4.69) is 10.3 Å². The highest BCUT2D eigenvalue weighted by atomic mass is 19.1. The van der Waals surface area contributed by atoms with E-state index in [4.69, 9.17) is 14.2 Å². The van der Waals surface area contributed by atoms with Gasteiger partial charge in [0.05, 0.1) is 44.7 Å². The highest BCUT2D eigenvalue weighted by Crippen LogP contribution is 2.39. The van der Waals surface area contributed by atoms with Crippen molar-refractivity contribution in [3.63, 3.8) is 0 Å². The number of hydrogen-bond donors (Lipinski definition) is 1. The second kappa shape index (κ2) is 7.57. The van der Waals surface area contributed by atoms with Crippen LogP contribution in [0.5, 0.6) is 17.2 Å². The molecule has 0 aliphatic carbocycles. The third-order valence-corrected chi connectivity index (χ3v) is 4.40. The molecule has 0 spiro atoms. The Bertz CT molecular complexity index is 944. The lowest BCUT2D eigenvalue weighted by Gasteiger charge is -2.13. The van der Waals surface area contributed by atoms with Crippen LogP contribution in [0.3, 0.4) is 0 Å². The Morgan fingerprint density at radius 2 is 1.52 bits per heavy atom. The van der Waals surface area contributed by atoms with Gasteiger partial charge in [-0.1, -0.05) is 6.07 Å². The van der Waals surface area contributed by atoms with Gasteiger partial charge in [0.25, 0.3) is 0 Å². The van der Waals surface area contributed by atoms with Gasteiger partial charge in [-0.05, 0) is 24.3 Å². The van der Waals surface area contributed by atoms with Crippen molar-refractivity contribution in [1.29, 1.82) is 0 Å². The second-order valence-corrected chi connectivity index (χ2v) is 5.91. The molecule has 1 heterocycles. The molecule has 0 saturated carbocycles. The first-order valence-electron chi connectivity index (χ1n) is 8.33. The molecule has 0 aliphatic heterocycles. The minimum Gasteiger partial charge on any atom is -0.495 e. The Morgan fingerprint density at radius 1 is 0.926 bits per heavy atom. The van der Waals surface area contributed by atoms with Crippen LogP contribution in [0.4, 0.5) is 10.1 Å². The van der Waals surface area contributed by atoms with Gasteiger partial charge in [0.2, 0.25) is 5.82 Å². The molecule has 3 rings (SSSR count). The summed E-state index contributed by atoms with van der Waals surface area (Å²) in [4.78, 5) is 4.51. The van der Waals surface area contributed by atoms with Gasteiger partial charge in [-0.3, -0.25) is 0 Å². The van der Waals surface area contributed by atoms with Gasteiger partial charge < -0.3 is 24.1 Å². The van der Waals surface area contributed by atoms with E-state index < -0.39 is 5.82 Å². The number of nitrogens with zero attached hydrogens (tertiary/aromatic N) is 2. The molecule has 0 atom stereocenters. The SMILES string of the molecule is CNc1ccc(-c2c(-c3cc(OC)c(F)c(OC)c3)ncn2C)cc1OC. The fourth-order valence-corrected chi connectivity index (χ4v) is 3.03. The molecule has 0 aliphatic rings. The van der Waals surface area contributed by atoms with Crippen molar-refractivity contribution in [2.75, 3.05) is 33.7 Å². The average molecular weight is 371 g/mol. The number of anilines is 1. The maximum atomic E-state index is 14.3. The molecule has 27 heavy (non-hydrogen) atoms. The van der Waals surface area contributed by atoms with E-state index in [9.17, 15) is 4.39 Å². The predicted octanol–water partition coefficient (Wildman–Crippen LogP) is 3.96. The fraction of sp³-hybridized carbons (Fsp3) is 0.250. The first-order valence-corrected chi connectivity index (χ1v) is 8.33. The molecular weight excluding hydrogens is 349 g/mol. The van der Waals surface area contributed by atoms with E-state index in [1.807, 2.05) is 36.9 Å². The number of methoxy groups -OCH3 is 3. The summed E-state index contributed by atoms with van der Waals surface area (Å²) < 4.78 is 32.0. The number of aryl methyl sites for hydroxylation is 1. The standard InChI is InChI=1S/C20H22FN3O3/c1-22-14-7-6-12(8-15(14)25-3)20-19(23-11-24(20)2)13-9-16(26-4)18(21)17(10-13)27-5/h6-11,22H,1-5H3. The van der Waals surface area contributed by atoms with Gasteiger partial charge in [-0.25, -0.2) is 4.98 Å². The highest BCUT2D eigenvalue weighted by Gasteiger charge is 2.19. The number of imidazole rings is 1. The zero-order valence-corrected chi connectivity index (χ0v) is 16.0. The molecule has 0 unspecified atom stereocenters. The van der Waals surface area contributed by atoms with E-state index >= 15 is 0 Å². The monoisotopic (exact) mass is 371 g/mol. The Labute approximate surface area is 157 Å². The summed E-state index contributed by atoms with van der Waals surface area (Å²) in [5.74, 6) is 0.380. The normalized spacial score (nSPS) is 10.6. The van der Waals surface area contributed by atoms with Gasteiger partial charge in [-0.2, -0.15) is 4.39 Å². The fourth-order valence-electron chi connectivity index (χ4n) is 3.03. The van der Waals surface area contributed by atoms with Gasteiger partial charge in [0, 0.05) is 25.2 Å². The van der Waals surface area contributed by atoms with E-state index in [0.717, 1.165) is 22.7 Å². The lowest BCUT2D eigenvalue weighted by Crippen LogP contribution is -1.98. The lowest BCUT2D eigenvalue weighted by molar-refractivity contribution is 0.351. The first kappa shape index (κ1) is 18.6. The third-order valence-electron chi connectivity index (χ3n) is 4.40. The number of halogens is 1. The molecule has 6 nitrogen and oxygen atoms in total. The second-order valence-electron chi connectivity index (χ2n) is 5.91. The van der Waals surface area contributed by atoms with Crippen molar-refractivity contribution in [2.24, 2.45) is 7.05 Å². The van der Waals surface area contributed by atoms with Crippen LogP contribution in [0.25, 0.3) is 22.5 Å². The number of ether oxygens (including phenoxy) is 3. The molecule has 3 aromatic rings. The van der Waals surface area contributed by atoms with Crippen LogP contribution in [0.2, 0.25) is 0 Å². The summed E-state index contributed by atoms with van der Waals surface area (Å²) in [6, 6.07) is 9.08. The minimum atomic E-state index is -0.540. The van der Waals surface area contributed by atoms with E-state index in [-0.39, 0.29) is 11.5 Å². The molecule has 0 saturated heterocycles. The van der Waals surface area contributed by atoms with E-state index in [1.54, 1.807) is 25.6 Å². The Kier molecular flexibility index (Phi) is 5.21. The molecule has 0 radical (unpaired) electrons. The average Bonchev–Trinajstić information content (AvgIpc) is 3.09. The van der Waals surface area contributed by atoms with Crippen LogP contribution in [0, 0.1) is 5.82 Å². The molecule has 0 amide bonds. The van der Waals surface area contributed by atoms with Crippen LogP contribution >= 0.6 is 0 Å². The maximum absolute atomic E-state index is 14.3. The van der Waals surface area contributed by atoms with Crippen molar-refractivity contribution in [3.05, 3.63) is 42.5 Å². The maximum Gasteiger partial charge on any atom is 0.206 e. The number of rotatable bonds is 6. The Hall–Kier alpha value is -3.22. The quantitative estimate of drug-likeness (QED) is 0.711. The number of benzene rings is 2. The Balaban J connectivity index is 2.19. The molecule has 7 heteroatoms. The Morgan fingerprint density at radius 3 is 2.07 bits per heavy atom. The predicted molar refractivity (Wildman–Crippen MR) is 103 cm³/mol. The van der Waals surface area contributed by atoms with Crippen LogP contribution in [0.1, 0.15) is 0 Å². The minimum absolute atomic E-state index is 0.101. The van der Waals surface area contributed by atoms with Crippen LogP contribution in [-0.2, 0) is 7.05 Å². The lowest BCUT2D eigenvalue weighted by atomic mass is 10.0. The van der Waals surface area contributed by atoms with Crippen molar-refractivity contribution < 1.29 is 18.6 Å². The summed E-state index contributed by atoms with van der Waals surface area (Å²) in [6.45, 7) is 0. The van der Waals surface area contributed by atoms with Crippen LogP contribution in [0.15, 0.2) is 36.7 Å². The van der Waals surface area contributed by atoms with Gasteiger partial charge in [-0.15, -0.1) is 0 Å². The molecule has 2 aromatic carbocycles. The summed E-state index contributed by atoms with van der Waals surface area (Å²) >= 11 is 0. The van der Waals surface area contributed by atoms with E-state index in [0.29, 0.717) is 11.3 Å². The summed E-state index contributed by atoms with van der Waals surface area (Å²) in [5, 5.41) is 3.09. The van der Waals surface area contributed by atoms with Crippen molar-refractivity contribution in [3.8, 4) is 39.8 Å². The van der Waals surface area contributed by atoms with Crippen molar-refractivity contribution >= 4 is 5.69 Å². The smallest absolute Gasteiger partial charge is 0.206 e. The molecule has 1 aromatic heterocycles. The highest BCUT2D eigenvalue weighted by molar-refractivity contribution is 5.81. The van der Waals surface area contributed by atoms with Gasteiger partial charge in [0.15, 0.2) is 11.5 Å². The summed E-state index contributed by atoms with van der Waals surface area (Å²) in [5.41, 5.74) is 4.05. The molecule has 0 fully saturated rings. The van der Waals surface area contributed by atoms with E-state index in [1.165, 1.54) is 14.2 Å². The molecular formula is C20H22FN3O3. The zero-order valence-electron chi connectivity index (χ0n) is 16.0. The molecule has 0 bridgehead atoms. The molecule has 1 N–H and O–H groups in total. The first-order chi connectivity index (χ1) is 13.0. The van der Waals surface area contributed by atoms with Gasteiger partial charge >= 0.3 is 0 Å². The number of hydrogen-bond acceptors (Lipinski definition) is 5. The third kappa shape index (κ3) is 3.28. The topological polar surface area (TPSA) is 57.5 Å². The summed E-state index contributed by atoms with van der Waals surface area (Å²) in [7, 11) is 8.21. The van der Waals surface area contributed by atoms with Crippen LogP contribution in [-0.4, -0.2) is 37.9 Å². The zero-order chi connectivity index (χ0) is 19.6. The van der Waals surface area contributed by atoms with Crippen molar-refractivity contribution in [2.45, 2.75) is 0 Å². The largest absolute Gasteiger partial charge is 0.495 e. The van der Waals surface area contributed by atoms with Crippen molar-refractivity contribution in [1.82, 2.24) is 9.55 Å². The number of nitrogens with one attached hydrogen (secondary N) is 1. The number of aromatic nitrogens is 2. The molecule has 142 valence electrons.